The highest BCUT2D eigenvalue weighted by molar-refractivity contribution is 9.10. The minimum Gasteiger partial charge on any atom is -0.377 e. The fourth-order valence-corrected chi connectivity index (χ4v) is 3.89. The Kier molecular flexibility index (Phi) is 2.80. The quantitative estimate of drug-likeness (QED) is 0.648. The van der Waals surface area contributed by atoms with Crippen molar-refractivity contribution in [1.29, 1.82) is 0 Å². The van der Waals surface area contributed by atoms with E-state index in [1.54, 1.807) is 0 Å². The van der Waals surface area contributed by atoms with Crippen molar-refractivity contribution in [3.05, 3.63) is 0 Å². The second-order valence-electron chi connectivity index (χ2n) is 3.22. The molecule has 2 saturated heterocycles. The van der Waals surface area contributed by atoms with Gasteiger partial charge in [0.05, 0.1) is 6.10 Å². The van der Waals surface area contributed by atoms with Crippen molar-refractivity contribution in [1.82, 2.24) is 0 Å². The lowest BCUT2D eigenvalue weighted by atomic mass is 10.0. The molecule has 2 rings (SSSR count). The van der Waals surface area contributed by atoms with Crippen LogP contribution in [0.2, 0.25) is 0 Å². The first-order chi connectivity index (χ1) is 5.38. The summed E-state index contributed by atoms with van der Waals surface area (Å²) in [6.07, 6.45) is 4.45. The van der Waals surface area contributed by atoms with Crippen LogP contribution < -0.4 is 0 Å². The zero-order valence-electron chi connectivity index (χ0n) is 6.46. The van der Waals surface area contributed by atoms with Gasteiger partial charge in [0, 0.05) is 22.4 Å². The van der Waals surface area contributed by atoms with Crippen LogP contribution in [0.5, 0.6) is 0 Å². The highest BCUT2D eigenvalue weighted by Gasteiger charge is 2.37. The van der Waals surface area contributed by atoms with E-state index in [1.807, 2.05) is 11.8 Å². The van der Waals surface area contributed by atoms with Gasteiger partial charge in [-0.1, -0.05) is 15.9 Å². The van der Waals surface area contributed by atoms with Crippen molar-refractivity contribution in [3.8, 4) is 0 Å². The van der Waals surface area contributed by atoms with Gasteiger partial charge in [-0.25, -0.2) is 0 Å². The topological polar surface area (TPSA) is 9.23 Å². The minimum atomic E-state index is 0.548. The summed E-state index contributed by atoms with van der Waals surface area (Å²) in [4.78, 5) is 0.718. The Morgan fingerprint density at radius 1 is 1.36 bits per heavy atom. The summed E-state index contributed by atoms with van der Waals surface area (Å²) >= 11 is 5.71. The Labute approximate surface area is 80.4 Å². The normalized spacial score (nSPS) is 45.0. The molecule has 11 heavy (non-hydrogen) atoms. The zero-order valence-corrected chi connectivity index (χ0v) is 8.86. The van der Waals surface area contributed by atoms with Crippen molar-refractivity contribution in [3.63, 3.8) is 0 Å². The minimum absolute atomic E-state index is 0.548. The Bertz CT molecular complexity index is 136. The van der Waals surface area contributed by atoms with Crippen LogP contribution in [0.1, 0.15) is 19.3 Å². The summed E-state index contributed by atoms with van der Waals surface area (Å²) in [7, 11) is 0. The fourth-order valence-electron chi connectivity index (χ4n) is 1.65. The molecule has 0 spiro atoms. The highest BCUT2D eigenvalue weighted by Crippen LogP contribution is 2.39. The van der Waals surface area contributed by atoms with Gasteiger partial charge < -0.3 is 4.74 Å². The molecule has 0 amide bonds. The number of rotatable bonds is 1. The second-order valence-corrected chi connectivity index (χ2v) is 5.61. The van der Waals surface area contributed by atoms with E-state index < -0.39 is 0 Å². The van der Waals surface area contributed by atoms with E-state index in [1.165, 1.54) is 25.0 Å². The van der Waals surface area contributed by atoms with Crippen LogP contribution in [0.15, 0.2) is 0 Å². The van der Waals surface area contributed by atoms with E-state index in [4.69, 9.17) is 4.74 Å². The SMILES string of the molecule is BrC1CSC1C1CCCCO1. The molecule has 3 unspecified atom stereocenters. The smallest absolute Gasteiger partial charge is 0.0704 e. The molecule has 0 aromatic heterocycles. The van der Waals surface area contributed by atoms with Crippen LogP contribution in [0, 0.1) is 0 Å². The molecule has 0 bridgehead atoms. The fraction of sp³-hybridized carbons (Fsp3) is 1.00. The molecule has 2 aliphatic heterocycles. The standard InChI is InChI=1S/C8H13BrOS/c9-6-5-11-8(6)7-3-1-2-4-10-7/h6-8H,1-5H2. The van der Waals surface area contributed by atoms with Crippen LogP contribution in [0.4, 0.5) is 0 Å². The maximum atomic E-state index is 5.70. The van der Waals surface area contributed by atoms with Crippen molar-refractivity contribution in [2.75, 3.05) is 12.4 Å². The lowest BCUT2D eigenvalue weighted by molar-refractivity contribution is 0.0140. The maximum absolute atomic E-state index is 5.70. The third-order valence-corrected chi connectivity index (χ3v) is 5.63. The molecule has 3 heteroatoms. The van der Waals surface area contributed by atoms with Crippen molar-refractivity contribution >= 4 is 27.7 Å². The molecule has 0 aromatic carbocycles. The number of hydrogen-bond acceptors (Lipinski definition) is 2. The molecular formula is C8H13BrOS. The summed E-state index contributed by atoms with van der Waals surface area (Å²) in [5.41, 5.74) is 0. The van der Waals surface area contributed by atoms with Crippen LogP contribution in [-0.2, 0) is 4.74 Å². The Morgan fingerprint density at radius 3 is 2.73 bits per heavy atom. The highest BCUT2D eigenvalue weighted by atomic mass is 79.9. The van der Waals surface area contributed by atoms with Gasteiger partial charge in [0.1, 0.15) is 0 Å². The predicted octanol–water partition coefficient (Wildman–Crippen LogP) is 2.43. The summed E-state index contributed by atoms with van der Waals surface area (Å²) in [6, 6.07) is 0. The number of hydrogen-bond donors (Lipinski definition) is 0. The Balaban J connectivity index is 1.83. The molecule has 0 aromatic rings. The summed E-state index contributed by atoms with van der Waals surface area (Å²) in [5, 5.41) is 0.746. The molecule has 0 saturated carbocycles. The molecule has 3 atom stereocenters. The molecule has 2 fully saturated rings. The first kappa shape index (κ1) is 8.39. The molecule has 0 N–H and O–H groups in total. The van der Waals surface area contributed by atoms with E-state index in [9.17, 15) is 0 Å². The van der Waals surface area contributed by atoms with E-state index in [0.717, 1.165) is 16.7 Å². The Hall–Kier alpha value is 0.790. The van der Waals surface area contributed by atoms with Gasteiger partial charge in [-0.2, -0.15) is 11.8 Å². The van der Waals surface area contributed by atoms with Crippen LogP contribution in [0.25, 0.3) is 0 Å². The van der Waals surface area contributed by atoms with Crippen molar-refractivity contribution < 1.29 is 4.74 Å². The van der Waals surface area contributed by atoms with Gasteiger partial charge in [0.2, 0.25) is 0 Å². The molecule has 0 aliphatic carbocycles. The summed E-state index contributed by atoms with van der Waals surface area (Å²) in [6.45, 7) is 0.988. The largest absolute Gasteiger partial charge is 0.377 e. The average Bonchev–Trinajstić information content (AvgIpc) is 2.04. The lowest BCUT2D eigenvalue weighted by Gasteiger charge is -2.39. The van der Waals surface area contributed by atoms with Gasteiger partial charge in [-0.05, 0) is 19.3 Å². The number of ether oxygens (including phenoxy) is 1. The van der Waals surface area contributed by atoms with Crippen molar-refractivity contribution in [2.45, 2.75) is 35.4 Å². The number of alkyl halides is 1. The summed E-state index contributed by atoms with van der Waals surface area (Å²) < 4.78 is 5.70. The van der Waals surface area contributed by atoms with Gasteiger partial charge in [0.25, 0.3) is 0 Å². The predicted molar refractivity (Wildman–Crippen MR) is 52.6 cm³/mol. The molecule has 2 aliphatic rings. The van der Waals surface area contributed by atoms with Gasteiger partial charge in [0.15, 0.2) is 0 Å². The van der Waals surface area contributed by atoms with Gasteiger partial charge in [-0.15, -0.1) is 0 Å². The molecule has 2 heterocycles. The average molecular weight is 237 g/mol. The number of halogens is 1. The first-order valence-corrected chi connectivity index (χ1v) is 6.21. The van der Waals surface area contributed by atoms with E-state index in [2.05, 4.69) is 15.9 Å². The Morgan fingerprint density at radius 2 is 2.27 bits per heavy atom. The molecular weight excluding hydrogens is 224 g/mol. The lowest BCUT2D eigenvalue weighted by Crippen LogP contribution is -2.43. The number of thioether (sulfide) groups is 1. The molecule has 64 valence electrons. The molecule has 0 radical (unpaired) electrons. The first-order valence-electron chi connectivity index (χ1n) is 4.25. The van der Waals surface area contributed by atoms with Crippen LogP contribution in [0.3, 0.4) is 0 Å². The molecule has 1 nitrogen and oxygen atoms in total. The zero-order chi connectivity index (χ0) is 7.68. The van der Waals surface area contributed by atoms with Gasteiger partial charge in [-0.3, -0.25) is 0 Å². The third kappa shape index (κ3) is 1.76. The van der Waals surface area contributed by atoms with Crippen molar-refractivity contribution in [2.24, 2.45) is 0 Å². The summed E-state index contributed by atoms with van der Waals surface area (Å²) in [5.74, 6) is 1.27. The third-order valence-electron chi connectivity index (χ3n) is 2.39. The van der Waals surface area contributed by atoms with E-state index >= 15 is 0 Å². The second kappa shape index (κ2) is 3.67. The van der Waals surface area contributed by atoms with E-state index in [-0.39, 0.29) is 0 Å². The van der Waals surface area contributed by atoms with Gasteiger partial charge >= 0.3 is 0 Å². The van der Waals surface area contributed by atoms with Crippen LogP contribution in [-0.4, -0.2) is 28.5 Å². The van der Waals surface area contributed by atoms with E-state index in [0.29, 0.717) is 6.10 Å². The van der Waals surface area contributed by atoms with Crippen LogP contribution >= 0.6 is 27.7 Å². The maximum Gasteiger partial charge on any atom is 0.0704 e. The monoisotopic (exact) mass is 236 g/mol.